The normalized spacial score (nSPS) is 12.4. The molecule has 3 N–H and O–H groups in total. The summed E-state index contributed by atoms with van der Waals surface area (Å²) < 4.78 is 1.13. The summed E-state index contributed by atoms with van der Waals surface area (Å²) in [6.45, 7) is 0. The maximum absolute atomic E-state index is 6.05. The van der Waals surface area contributed by atoms with Crippen molar-refractivity contribution >= 4 is 45.8 Å². The van der Waals surface area contributed by atoms with E-state index in [4.69, 9.17) is 29.0 Å². The standard InChI is InChI=1S/C14H13Cl2IN2/c15-10-3-1-2-9(6-10)7-14(19-18)12-8-11(16)4-5-13(12)17/h1-6,8,14,19H,7,18H2. The van der Waals surface area contributed by atoms with E-state index >= 15 is 0 Å². The molecular formula is C14H13Cl2IN2. The van der Waals surface area contributed by atoms with Gasteiger partial charge in [0.15, 0.2) is 0 Å². The maximum Gasteiger partial charge on any atom is 0.0511 e. The molecule has 0 aliphatic rings. The monoisotopic (exact) mass is 406 g/mol. The molecule has 19 heavy (non-hydrogen) atoms. The quantitative estimate of drug-likeness (QED) is 0.450. The fraction of sp³-hybridized carbons (Fsp3) is 0.143. The van der Waals surface area contributed by atoms with Crippen LogP contribution in [0.4, 0.5) is 0 Å². The minimum Gasteiger partial charge on any atom is -0.271 e. The molecule has 0 aliphatic heterocycles. The van der Waals surface area contributed by atoms with Crippen LogP contribution in [0.25, 0.3) is 0 Å². The Morgan fingerprint density at radius 2 is 1.84 bits per heavy atom. The maximum atomic E-state index is 6.05. The Balaban J connectivity index is 2.27. The number of hydrazine groups is 1. The van der Waals surface area contributed by atoms with Crippen LogP contribution in [-0.2, 0) is 6.42 Å². The van der Waals surface area contributed by atoms with Crippen molar-refractivity contribution in [3.63, 3.8) is 0 Å². The average molecular weight is 407 g/mol. The van der Waals surface area contributed by atoms with Gasteiger partial charge in [0.1, 0.15) is 0 Å². The molecule has 0 fully saturated rings. The van der Waals surface area contributed by atoms with E-state index < -0.39 is 0 Å². The minimum absolute atomic E-state index is 0.00377. The number of hydrogen-bond acceptors (Lipinski definition) is 2. The van der Waals surface area contributed by atoms with Crippen molar-refractivity contribution in [2.75, 3.05) is 0 Å². The lowest BCUT2D eigenvalue weighted by atomic mass is 9.99. The summed E-state index contributed by atoms with van der Waals surface area (Å²) in [6.07, 6.45) is 0.757. The van der Waals surface area contributed by atoms with E-state index in [0.29, 0.717) is 5.02 Å². The highest BCUT2D eigenvalue weighted by molar-refractivity contribution is 14.1. The second-order valence-electron chi connectivity index (χ2n) is 4.22. The molecule has 2 rings (SSSR count). The zero-order chi connectivity index (χ0) is 13.8. The molecule has 0 heterocycles. The Morgan fingerprint density at radius 1 is 1.11 bits per heavy atom. The van der Waals surface area contributed by atoms with Gasteiger partial charge in [-0.2, -0.15) is 0 Å². The van der Waals surface area contributed by atoms with Crippen LogP contribution in [0, 0.1) is 3.57 Å². The van der Waals surface area contributed by atoms with Crippen molar-refractivity contribution in [3.8, 4) is 0 Å². The van der Waals surface area contributed by atoms with Crippen molar-refractivity contribution < 1.29 is 0 Å². The molecule has 0 spiro atoms. The molecule has 0 aromatic heterocycles. The molecule has 0 radical (unpaired) electrons. The van der Waals surface area contributed by atoms with Crippen LogP contribution in [0.1, 0.15) is 17.2 Å². The van der Waals surface area contributed by atoms with E-state index in [9.17, 15) is 0 Å². The Labute approximate surface area is 136 Å². The highest BCUT2D eigenvalue weighted by atomic mass is 127. The fourth-order valence-electron chi connectivity index (χ4n) is 1.94. The van der Waals surface area contributed by atoms with Gasteiger partial charge >= 0.3 is 0 Å². The van der Waals surface area contributed by atoms with Crippen molar-refractivity contribution in [1.29, 1.82) is 0 Å². The molecule has 0 amide bonds. The summed E-state index contributed by atoms with van der Waals surface area (Å²) in [5.74, 6) is 5.68. The van der Waals surface area contributed by atoms with Gasteiger partial charge < -0.3 is 0 Å². The van der Waals surface area contributed by atoms with Crippen LogP contribution >= 0.6 is 45.8 Å². The largest absolute Gasteiger partial charge is 0.271 e. The number of nitrogens with one attached hydrogen (secondary N) is 1. The molecule has 2 nitrogen and oxygen atoms in total. The van der Waals surface area contributed by atoms with Gasteiger partial charge in [-0.05, 0) is 70.5 Å². The lowest BCUT2D eigenvalue weighted by Crippen LogP contribution is -2.30. The van der Waals surface area contributed by atoms with Crippen molar-refractivity contribution in [2.24, 2.45) is 5.84 Å². The first-order valence-electron chi connectivity index (χ1n) is 5.75. The van der Waals surface area contributed by atoms with E-state index in [1.165, 1.54) is 0 Å². The molecule has 5 heteroatoms. The lowest BCUT2D eigenvalue weighted by Gasteiger charge is -2.18. The molecule has 0 bridgehead atoms. The summed E-state index contributed by atoms with van der Waals surface area (Å²) in [5.41, 5.74) is 5.07. The molecule has 1 atom stereocenters. The Bertz CT molecular complexity index is 575. The van der Waals surface area contributed by atoms with Gasteiger partial charge in [-0.3, -0.25) is 11.3 Å². The zero-order valence-electron chi connectivity index (χ0n) is 10.0. The van der Waals surface area contributed by atoms with Gasteiger partial charge in [0, 0.05) is 13.6 Å². The van der Waals surface area contributed by atoms with E-state index in [-0.39, 0.29) is 6.04 Å². The highest BCUT2D eigenvalue weighted by Crippen LogP contribution is 2.26. The van der Waals surface area contributed by atoms with Crippen molar-refractivity contribution in [3.05, 3.63) is 67.2 Å². The Kier molecular flexibility index (Phi) is 5.47. The van der Waals surface area contributed by atoms with Crippen LogP contribution in [0.5, 0.6) is 0 Å². The Morgan fingerprint density at radius 3 is 2.53 bits per heavy atom. The predicted octanol–water partition coefficient (Wildman–Crippen LogP) is 4.35. The third-order valence-corrected chi connectivity index (χ3v) is 4.32. The summed E-state index contributed by atoms with van der Waals surface area (Å²) >= 11 is 14.3. The van der Waals surface area contributed by atoms with Gasteiger partial charge in [0.2, 0.25) is 0 Å². The molecular weight excluding hydrogens is 394 g/mol. The first kappa shape index (κ1) is 15.1. The average Bonchev–Trinajstić information content (AvgIpc) is 2.39. The van der Waals surface area contributed by atoms with Gasteiger partial charge in [-0.1, -0.05) is 35.3 Å². The smallest absolute Gasteiger partial charge is 0.0511 e. The lowest BCUT2D eigenvalue weighted by molar-refractivity contribution is 0.550. The molecule has 100 valence electrons. The van der Waals surface area contributed by atoms with Crippen LogP contribution < -0.4 is 11.3 Å². The summed E-state index contributed by atoms with van der Waals surface area (Å²) in [6, 6.07) is 13.6. The van der Waals surface area contributed by atoms with E-state index in [2.05, 4.69) is 28.0 Å². The number of hydrogen-bond donors (Lipinski definition) is 2. The zero-order valence-corrected chi connectivity index (χ0v) is 13.7. The van der Waals surface area contributed by atoms with Crippen LogP contribution in [-0.4, -0.2) is 0 Å². The molecule has 2 aromatic rings. The summed E-state index contributed by atoms with van der Waals surface area (Å²) in [4.78, 5) is 0. The second kappa shape index (κ2) is 6.90. The highest BCUT2D eigenvalue weighted by Gasteiger charge is 2.14. The number of benzene rings is 2. The second-order valence-corrected chi connectivity index (χ2v) is 6.25. The summed E-state index contributed by atoms with van der Waals surface area (Å²) in [7, 11) is 0. The third kappa shape index (κ3) is 4.07. The van der Waals surface area contributed by atoms with Crippen molar-refractivity contribution in [1.82, 2.24) is 5.43 Å². The topological polar surface area (TPSA) is 38.0 Å². The van der Waals surface area contributed by atoms with Crippen LogP contribution in [0.15, 0.2) is 42.5 Å². The SMILES string of the molecule is NNC(Cc1cccc(Cl)c1)c1cc(Cl)ccc1I. The van der Waals surface area contributed by atoms with Gasteiger partial charge in [-0.25, -0.2) is 0 Å². The molecule has 0 saturated heterocycles. The number of halogens is 3. The van der Waals surface area contributed by atoms with Gasteiger partial charge in [0.05, 0.1) is 6.04 Å². The number of rotatable bonds is 4. The van der Waals surface area contributed by atoms with E-state index in [1.54, 1.807) is 0 Å². The molecule has 0 aliphatic carbocycles. The summed E-state index contributed by atoms with van der Waals surface area (Å²) in [5, 5.41) is 1.44. The predicted molar refractivity (Wildman–Crippen MR) is 89.4 cm³/mol. The molecule has 2 aromatic carbocycles. The Hall–Kier alpha value is -0.330. The van der Waals surface area contributed by atoms with Gasteiger partial charge in [-0.15, -0.1) is 0 Å². The molecule has 1 unspecified atom stereocenters. The van der Waals surface area contributed by atoms with E-state index in [1.807, 2.05) is 42.5 Å². The van der Waals surface area contributed by atoms with Crippen LogP contribution in [0.2, 0.25) is 10.0 Å². The van der Waals surface area contributed by atoms with Gasteiger partial charge in [0.25, 0.3) is 0 Å². The third-order valence-electron chi connectivity index (χ3n) is 2.86. The fourth-order valence-corrected chi connectivity index (χ4v) is 3.04. The van der Waals surface area contributed by atoms with E-state index in [0.717, 1.165) is 26.1 Å². The van der Waals surface area contributed by atoms with Crippen LogP contribution in [0.3, 0.4) is 0 Å². The first-order valence-corrected chi connectivity index (χ1v) is 7.59. The van der Waals surface area contributed by atoms with Crippen molar-refractivity contribution in [2.45, 2.75) is 12.5 Å². The number of nitrogens with two attached hydrogens (primary N) is 1. The first-order chi connectivity index (χ1) is 9.10. The molecule has 0 saturated carbocycles. The minimum atomic E-state index is 0.00377.